The molecule has 1 amide bonds. The SMILES string of the molecule is CNc1nc(-c2ccc(Cl)cc2)c(CCOC(N)=O)s1. The number of ether oxygens (including phenoxy) is 1. The van der Waals surface area contributed by atoms with Crippen molar-refractivity contribution in [2.45, 2.75) is 6.42 Å². The summed E-state index contributed by atoms with van der Waals surface area (Å²) in [6.07, 6.45) is -0.198. The number of hydrogen-bond donors (Lipinski definition) is 2. The maximum atomic E-state index is 10.6. The maximum absolute atomic E-state index is 10.6. The van der Waals surface area contributed by atoms with Crippen molar-refractivity contribution in [3.05, 3.63) is 34.2 Å². The van der Waals surface area contributed by atoms with Gasteiger partial charge in [-0.05, 0) is 12.1 Å². The first-order chi connectivity index (χ1) is 9.60. The fourth-order valence-corrected chi connectivity index (χ4v) is 2.75. The van der Waals surface area contributed by atoms with Crippen molar-refractivity contribution in [3.8, 4) is 11.3 Å². The number of anilines is 1. The molecule has 0 radical (unpaired) electrons. The van der Waals surface area contributed by atoms with Gasteiger partial charge in [-0.3, -0.25) is 0 Å². The second-order valence-corrected chi connectivity index (χ2v) is 5.49. The van der Waals surface area contributed by atoms with Crippen molar-refractivity contribution in [1.82, 2.24) is 4.98 Å². The van der Waals surface area contributed by atoms with Crippen molar-refractivity contribution in [2.75, 3.05) is 19.0 Å². The van der Waals surface area contributed by atoms with Crippen LogP contribution in [0.5, 0.6) is 0 Å². The largest absolute Gasteiger partial charge is 0.449 e. The quantitative estimate of drug-likeness (QED) is 0.889. The summed E-state index contributed by atoms with van der Waals surface area (Å²) >= 11 is 7.41. The maximum Gasteiger partial charge on any atom is 0.404 e. The van der Waals surface area contributed by atoms with Crippen LogP contribution in [0.4, 0.5) is 9.93 Å². The first-order valence-corrected chi connectivity index (χ1v) is 7.15. The lowest BCUT2D eigenvalue weighted by Crippen LogP contribution is -2.14. The third-order valence-corrected chi connectivity index (χ3v) is 3.99. The van der Waals surface area contributed by atoms with Crippen LogP contribution in [0.2, 0.25) is 5.02 Å². The lowest BCUT2D eigenvalue weighted by atomic mass is 10.1. The van der Waals surface area contributed by atoms with Gasteiger partial charge in [-0.1, -0.05) is 23.7 Å². The zero-order chi connectivity index (χ0) is 14.5. The van der Waals surface area contributed by atoms with Crippen LogP contribution in [-0.2, 0) is 11.2 Å². The van der Waals surface area contributed by atoms with Gasteiger partial charge in [0.25, 0.3) is 0 Å². The first-order valence-electron chi connectivity index (χ1n) is 5.95. The molecular formula is C13H14ClN3O2S. The molecule has 3 N–H and O–H groups in total. The van der Waals surface area contributed by atoms with Gasteiger partial charge < -0.3 is 15.8 Å². The summed E-state index contributed by atoms with van der Waals surface area (Å²) in [5, 5.41) is 4.50. The van der Waals surface area contributed by atoms with Crippen LogP contribution >= 0.6 is 22.9 Å². The smallest absolute Gasteiger partial charge is 0.404 e. The minimum atomic E-state index is -0.767. The topological polar surface area (TPSA) is 77.2 Å². The van der Waals surface area contributed by atoms with Crippen LogP contribution in [-0.4, -0.2) is 24.7 Å². The molecule has 0 saturated carbocycles. The van der Waals surface area contributed by atoms with Gasteiger partial charge >= 0.3 is 6.09 Å². The van der Waals surface area contributed by atoms with E-state index < -0.39 is 6.09 Å². The molecule has 0 aliphatic heterocycles. The summed E-state index contributed by atoms with van der Waals surface area (Å²) in [6.45, 7) is 0.237. The molecule has 0 spiro atoms. The monoisotopic (exact) mass is 311 g/mol. The number of primary amides is 1. The minimum absolute atomic E-state index is 0.237. The zero-order valence-corrected chi connectivity index (χ0v) is 12.4. The Morgan fingerprint density at radius 1 is 1.45 bits per heavy atom. The van der Waals surface area contributed by atoms with Crippen LogP contribution in [0.15, 0.2) is 24.3 Å². The van der Waals surface area contributed by atoms with Crippen molar-refractivity contribution in [3.63, 3.8) is 0 Å². The molecule has 0 unspecified atom stereocenters. The van der Waals surface area contributed by atoms with Crippen LogP contribution in [0.25, 0.3) is 11.3 Å². The standard InChI is InChI=1S/C13H14ClN3O2S/c1-16-13-17-11(8-2-4-9(14)5-3-8)10(20-13)6-7-19-12(15)18/h2-5H,6-7H2,1H3,(H2,15,18)(H,16,17). The zero-order valence-electron chi connectivity index (χ0n) is 10.9. The van der Waals surface area contributed by atoms with E-state index in [-0.39, 0.29) is 6.61 Å². The number of hydrogen-bond acceptors (Lipinski definition) is 5. The van der Waals surface area contributed by atoms with E-state index in [1.165, 1.54) is 11.3 Å². The molecular weight excluding hydrogens is 298 g/mol. The number of nitrogens with zero attached hydrogens (tertiary/aromatic N) is 1. The van der Waals surface area contributed by atoms with Crippen molar-refractivity contribution < 1.29 is 9.53 Å². The molecule has 106 valence electrons. The Labute approximate surface area is 125 Å². The molecule has 1 heterocycles. The molecule has 20 heavy (non-hydrogen) atoms. The van der Waals surface area contributed by atoms with E-state index in [4.69, 9.17) is 22.1 Å². The highest BCUT2D eigenvalue weighted by atomic mass is 35.5. The highest BCUT2D eigenvalue weighted by Crippen LogP contribution is 2.32. The van der Waals surface area contributed by atoms with E-state index in [2.05, 4.69) is 10.3 Å². The third-order valence-electron chi connectivity index (χ3n) is 2.60. The summed E-state index contributed by atoms with van der Waals surface area (Å²) in [5.74, 6) is 0. The second kappa shape index (κ2) is 6.58. The molecule has 0 bridgehead atoms. The van der Waals surface area contributed by atoms with Crippen LogP contribution in [0, 0.1) is 0 Å². The molecule has 1 aromatic carbocycles. The van der Waals surface area contributed by atoms with Crippen LogP contribution < -0.4 is 11.1 Å². The van der Waals surface area contributed by atoms with Crippen molar-refractivity contribution >= 4 is 34.2 Å². The Hall–Kier alpha value is -1.79. The highest BCUT2D eigenvalue weighted by Gasteiger charge is 2.13. The van der Waals surface area contributed by atoms with Gasteiger partial charge in [0.05, 0.1) is 12.3 Å². The predicted octanol–water partition coefficient (Wildman–Crippen LogP) is 3.14. The average Bonchev–Trinajstić information content (AvgIpc) is 2.82. The molecule has 5 nitrogen and oxygen atoms in total. The van der Waals surface area contributed by atoms with E-state index in [1.807, 2.05) is 31.3 Å². The summed E-state index contributed by atoms with van der Waals surface area (Å²) in [5.41, 5.74) is 6.79. The Balaban J connectivity index is 2.24. The number of halogens is 1. The number of nitrogens with two attached hydrogens (primary N) is 1. The van der Waals surface area contributed by atoms with E-state index in [0.717, 1.165) is 21.3 Å². The molecule has 1 aromatic heterocycles. The summed E-state index contributed by atoms with van der Waals surface area (Å²) in [4.78, 5) is 16.1. The number of amides is 1. The molecule has 7 heteroatoms. The fraction of sp³-hybridized carbons (Fsp3) is 0.231. The molecule has 2 rings (SSSR count). The molecule has 0 saturated heterocycles. The number of carbonyl (C=O) groups excluding carboxylic acids is 1. The molecule has 0 aliphatic rings. The van der Waals surface area contributed by atoms with Gasteiger partial charge in [-0.25, -0.2) is 9.78 Å². The predicted molar refractivity (Wildman–Crippen MR) is 81.3 cm³/mol. The van der Waals surface area contributed by atoms with Gasteiger partial charge in [0.2, 0.25) is 0 Å². The number of benzene rings is 1. The van der Waals surface area contributed by atoms with Gasteiger partial charge in [0.1, 0.15) is 0 Å². The Morgan fingerprint density at radius 3 is 2.75 bits per heavy atom. The van der Waals surface area contributed by atoms with Crippen LogP contribution in [0.1, 0.15) is 4.88 Å². The Morgan fingerprint density at radius 2 is 2.15 bits per heavy atom. The average molecular weight is 312 g/mol. The molecule has 0 fully saturated rings. The lowest BCUT2D eigenvalue weighted by molar-refractivity contribution is 0.158. The Kier molecular flexibility index (Phi) is 4.81. The second-order valence-electron chi connectivity index (χ2n) is 3.97. The summed E-state index contributed by atoms with van der Waals surface area (Å²) in [7, 11) is 1.81. The van der Waals surface area contributed by atoms with E-state index >= 15 is 0 Å². The third kappa shape index (κ3) is 3.61. The van der Waals surface area contributed by atoms with Crippen molar-refractivity contribution in [2.24, 2.45) is 5.73 Å². The number of nitrogens with one attached hydrogen (secondary N) is 1. The minimum Gasteiger partial charge on any atom is -0.449 e. The fourth-order valence-electron chi connectivity index (χ4n) is 1.71. The molecule has 0 atom stereocenters. The van der Waals surface area contributed by atoms with Crippen LogP contribution in [0.3, 0.4) is 0 Å². The van der Waals surface area contributed by atoms with Gasteiger partial charge in [0.15, 0.2) is 5.13 Å². The number of aromatic nitrogens is 1. The van der Waals surface area contributed by atoms with E-state index in [9.17, 15) is 4.79 Å². The van der Waals surface area contributed by atoms with Gasteiger partial charge in [0, 0.05) is 28.9 Å². The van der Waals surface area contributed by atoms with E-state index in [1.54, 1.807) is 0 Å². The molecule has 2 aromatic rings. The number of rotatable bonds is 5. The lowest BCUT2D eigenvalue weighted by Gasteiger charge is -2.03. The molecule has 0 aliphatic carbocycles. The van der Waals surface area contributed by atoms with Gasteiger partial charge in [-0.2, -0.15) is 0 Å². The summed E-state index contributed by atoms with van der Waals surface area (Å²) < 4.78 is 4.77. The normalized spacial score (nSPS) is 10.3. The number of carbonyl (C=O) groups is 1. The summed E-state index contributed by atoms with van der Waals surface area (Å²) in [6, 6.07) is 7.46. The number of thiazole rings is 1. The highest BCUT2D eigenvalue weighted by molar-refractivity contribution is 7.16. The van der Waals surface area contributed by atoms with Gasteiger partial charge in [-0.15, -0.1) is 11.3 Å². The Bertz CT molecular complexity index is 598. The van der Waals surface area contributed by atoms with Crippen molar-refractivity contribution in [1.29, 1.82) is 0 Å². The first kappa shape index (κ1) is 14.6. The van der Waals surface area contributed by atoms with E-state index in [0.29, 0.717) is 11.4 Å².